The van der Waals surface area contributed by atoms with Gasteiger partial charge in [-0.1, -0.05) is 30.5 Å². The maximum atomic E-state index is 12.3. The highest BCUT2D eigenvalue weighted by atomic mass is 16.2. The van der Waals surface area contributed by atoms with Gasteiger partial charge in [0.15, 0.2) is 0 Å². The second-order valence-electron chi connectivity index (χ2n) is 7.04. The average Bonchev–Trinajstić information content (AvgIpc) is 2.95. The van der Waals surface area contributed by atoms with Crippen LogP contribution in [0.5, 0.6) is 0 Å². The molecule has 1 fully saturated rings. The van der Waals surface area contributed by atoms with Crippen molar-refractivity contribution < 1.29 is 9.59 Å². The van der Waals surface area contributed by atoms with Crippen molar-refractivity contribution in [2.75, 3.05) is 25.5 Å². The Morgan fingerprint density at radius 2 is 1.58 bits per heavy atom. The number of likely N-dealkylation sites (N-methyl/N-ethyl adjacent to an activating group) is 1. The minimum atomic E-state index is -0.0961. The molecule has 1 aromatic carbocycles. The van der Waals surface area contributed by atoms with E-state index in [1.54, 1.807) is 11.9 Å². The van der Waals surface area contributed by atoms with Crippen molar-refractivity contribution in [1.29, 1.82) is 0 Å². The molecular weight excluding hydrogens is 302 g/mol. The van der Waals surface area contributed by atoms with Crippen LogP contribution in [-0.4, -0.2) is 42.9 Å². The number of carbonyl (C=O) groups excluding carboxylic acids is 2. The van der Waals surface area contributed by atoms with E-state index in [0.717, 1.165) is 29.7 Å². The molecule has 1 saturated carbocycles. The van der Waals surface area contributed by atoms with Gasteiger partial charge in [-0.15, -0.1) is 0 Å². The number of nitrogens with zero attached hydrogens (tertiary/aromatic N) is 1. The standard InChI is InChI=1S/C19H29N3O2/c1-13-9-14(2)19(15(3)10-13)21-18(24)12-22(4)11-17(23)20-16-7-5-6-8-16/h9-10,16H,5-8,11-12H2,1-4H3,(H,20,23)(H,21,24). The molecule has 0 aromatic heterocycles. The normalized spacial score (nSPS) is 14.9. The van der Waals surface area contributed by atoms with Crippen LogP contribution in [0.2, 0.25) is 0 Å². The zero-order valence-electron chi connectivity index (χ0n) is 15.2. The zero-order chi connectivity index (χ0) is 17.7. The number of amides is 2. The third-order valence-corrected chi connectivity index (χ3v) is 4.49. The Kier molecular flexibility index (Phi) is 6.37. The summed E-state index contributed by atoms with van der Waals surface area (Å²) in [5, 5.41) is 6.02. The highest BCUT2D eigenvalue weighted by molar-refractivity contribution is 5.94. The first-order valence-corrected chi connectivity index (χ1v) is 8.70. The predicted molar refractivity (Wildman–Crippen MR) is 97.2 cm³/mol. The van der Waals surface area contributed by atoms with E-state index < -0.39 is 0 Å². The van der Waals surface area contributed by atoms with Crippen molar-refractivity contribution in [3.05, 3.63) is 28.8 Å². The first kappa shape index (κ1) is 18.5. The van der Waals surface area contributed by atoms with Crippen molar-refractivity contribution in [1.82, 2.24) is 10.2 Å². The molecule has 0 spiro atoms. The molecule has 0 bridgehead atoms. The molecule has 24 heavy (non-hydrogen) atoms. The summed E-state index contributed by atoms with van der Waals surface area (Å²) in [6.07, 6.45) is 4.53. The number of benzene rings is 1. The second kappa shape index (κ2) is 8.29. The third kappa shape index (κ3) is 5.34. The fourth-order valence-corrected chi connectivity index (χ4v) is 3.45. The van der Waals surface area contributed by atoms with Gasteiger partial charge in [-0.3, -0.25) is 14.5 Å². The van der Waals surface area contributed by atoms with E-state index in [0.29, 0.717) is 6.04 Å². The van der Waals surface area contributed by atoms with Crippen LogP contribution in [-0.2, 0) is 9.59 Å². The molecule has 0 saturated heterocycles. The van der Waals surface area contributed by atoms with Crippen molar-refractivity contribution >= 4 is 17.5 Å². The minimum absolute atomic E-state index is 0.0000954. The van der Waals surface area contributed by atoms with Gasteiger partial charge < -0.3 is 10.6 Å². The number of hydrogen-bond acceptors (Lipinski definition) is 3. The fourth-order valence-electron chi connectivity index (χ4n) is 3.45. The molecule has 5 heteroatoms. The van der Waals surface area contributed by atoms with Crippen molar-refractivity contribution in [2.24, 2.45) is 0 Å². The molecule has 1 aromatic rings. The van der Waals surface area contributed by atoms with E-state index in [4.69, 9.17) is 0 Å². The monoisotopic (exact) mass is 331 g/mol. The van der Waals surface area contributed by atoms with E-state index in [-0.39, 0.29) is 24.9 Å². The highest BCUT2D eigenvalue weighted by Crippen LogP contribution is 2.21. The lowest BCUT2D eigenvalue weighted by Crippen LogP contribution is -2.42. The molecule has 132 valence electrons. The summed E-state index contributed by atoms with van der Waals surface area (Å²) in [6.45, 7) is 6.48. The molecule has 5 nitrogen and oxygen atoms in total. The van der Waals surface area contributed by atoms with Gasteiger partial charge in [0.1, 0.15) is 0 Å². The Bertz CT molecular complexity index is 584. The summed E-state index contributed by atoms with van der Waals surface area (Å²) < 4.78 is 0. The topological polar surface area (TPSA) is 61.4 Å². The number of anilines is 1. The van der Waals surface area contributed by atoms with Crippen LogP contribution < -0.4 is 10.6 Å². The quantitative estimate of drug-likeness (QED) is 0.842. The molecule has 0 atom stereocenters. The van der Waals surface area contributed by atoms with Crippen LogP contribution in [0.3, 0.4) is 0 Å². The van der Waals surface area contributed by atoms with Gasteiger partial charge in [-0.25, -0.2) is 0 Å². The molecule has 0 radical (unpaired) electrons. The van der Waals surface area contributed by atoms with E-state index >= 15 is 0 Å². The number of aryl methyl sites for hydroxylation is 3. The Morgan fingerprint density at radius 3 is 2.17 bits per heavy atom. The van der Waals surface area contributed by atoms with Crippen LogP contribution in [0.4, 0.5) is 5.69 Å². The average molecular weight is 331 g/mol. The largest absolute Gasteiger partial charge is 0.352 e. The zero-order valence-corrected chi connectivity index (χ0v) is 15.2. The lowest BCUT2D eigenvalue weighted by atomic mass is 10.1. The number of rotatable bonds is 6. The maximum Gasteiger partial charge on any atom is 0.238 e. The summed E-state index contributed by atoms with van der Waals surface area (Å²) in [5.41, 5.74) is 4.17. The summed E-state index contributed by atoms with van der Waals surface area (Å²) in [7, 11) is 1.79. The van der Waals surface area contributed by atoms with Gasteiger partial charge in [-0.05, 0) is 51.8 Å². The molecule has 2 amide bonds. The molecule has 0 unspecified atom stereocenters. The SMILES string of the molecule is Cc1cc(C)c(NC(=O)CN(C)CC(=O)NC2CCCC2)c(C)c1. The van der Waals surface area contributed by atoms with Crippen LogP contribution in [0.15, 0.2) is 12.1 Å². The predicted octanol–water partition coefficient (Wildman–Crippen LogP) is 2.54. The third-order valence-electron chi connectivity index (χ3n) is 4.49. The van der Waals surface area contributed by atoms with Crippen molar-refractivity contribution in [3.63, 3.8) is 0 Å². The van der Waals surface area contributed by atoms with E-state index in [9.17, 15) is 9.59 Å². The van der Waals surface area contributed by atoms with Gasteiger partial charge in [-0.2, -0.15) is 0 Å². The Hall–Kier alpha value is -1.88. The van der Waals surface area contributed by atoms with E-state index in [2.05, 4.69) is 22.8 Å². The molecule has 0 heterocycles. The number of nitrogens with one attached hydrogen (secondary N) is 2. The van der Waals surface area contributed by atoms with Crippen molar-refractivity contribution in [3.8, 4) is 0 Å². The molecule has 2 N–H and O–H groups in total. The molecule has 1 aliphatic carbocycles. The Balaban J connectivity index is 1.82. The Morgan fingerprint density at radius 1 is 1.04 bits per heavy atom. The highest BCUT2D eigenvalue weighted by Gasteiger charge is 2.18. The molecule has 2 rings (SSSR count). The van der Waals surface area contributed by atoms with Gasteiger partial charge in [0.25, 0.3) is 0 Å². The van der Waals surface area contributed by atoms with Gasteiger partial charge in [0.2, 0.25) is 11.8 Å². The first-order valence-electron chi connectivity index (χ1n) is 8.70. The molecule has 0 aliphatic heterocycles. The molecular formula is C19H29N3O2. The van der Waals surface area contributed by atoms with Crippen LogP contribution in [0.1, 0.15) is 42.4 Å². The number of hydrogen-bond donors (Lipinski definition) is 2. The lowest BCUT2D eigenvalue weighted by Gasteiger charge is -2.19. The van der Waals surface area contributed by atoms with Crippen LogP contribution >= 0.6 is 0 Å². The summed E-state index contributed by atoms with van der Waals surface area (Å²) in [5.74, 6) is -0.0962. The van der Waals surface area contributed by atoms with Crippen LogP contribution in [0.25, 0.3) is 0 Å². The molecule has 1 aliphatic rings. The van der Waals surface area contributed by atoms with E-state index in [1.165, 1.54) is 18.4 Å². The van der Waals surface area contributed by atoms with Crippen molar-refractivity contribution in [2.45, 2.75) is 52.5 Å². The lowest BCUT2D eigenvalue weighted by molar-refractivity contribution is -0.123. The Labute approximate surface area is 144 Å². The van der Waals surface area contributed by atoms with Crippen LogP contribution in [0, 0.1) is 20.8 Å². The summed E-state index contributed by atoms with van der Waals surface area (Å²) >= 11 is 0. The van der Waals surface area contributed by atoms with Gasteiger partial charge in [0.05, 0.1) is 13.1 Å². The van der Waals surface area contributed by atoms with Gasteiger partial charge in [0, 0.05) is 11.7 Å². The second-order valence-corrected chi connectivity index (χ2v) is 7.04. The van der Waals surface area contributed by atoms with Gasteiger partial charge >= 0.3 is 0 Å². The van der Waals surface area contributed by atoms with E-state index in [1.807, 2.05) is 20.8 Å². The maximum absolute atomic E-state index is 12.3. The minimum Gasteiger partial charge on any atom is -0.352 e. The number of carbonyl (C=O) groups is 2. The smallest absolute Gasteiger partial charge is 0.238 e. The first-order chi connectivity index (χ1) is 11.3. The fraction of sp³-hybridized carbons (Fsp3) is 0.579. The summed E-state index contributed by atoms with van der Waals surface area (Å²) in [4.78, 5) is 26.0. The summed E-state index contributed by atoms with van der Waals surface area (Å²) in [6, 6.07) is 4.43.